The van der Waals surface area contributed by atoms with Gasteiger partial charge in [0.1, 0.15) is 11.4 Å². The largest absolute Gasteiger partial charge is 0.497 e. The van der Waals surface area contributed by atoms with Gasteiger partial charge in [0.2, 0.25) is 5.91 Å². The molecule has 0 aliphatic carbocycles. The number of fused-ring (bicyclic) bond motifs is 2. The van der Waals surface area contributed by atoms with Crippen LogP contribution in [0.2, 0.25) is 0 Å². The van der Waals surface area contributed by atoms with Gasteiger partial charge in [-0.1, -0.05) is 24.3 Å². The molecule has 0 saturated carbocycles. The minimum atomic E-state index is -0.236. The molecule has 1 aliphatic rings. The minimum absolute atomic E-state index is 0.0494. The SMILES string of the molecule is COc1ccc(CN(C)C[C@H]2OCc3cn(nn3)CCCC(=O)N([C@H](C)CO)C[C@H]2C)cc1. The molecule has 3 rings (SSSR count). The standard InChI is InChI=1S/C24H37N5O4/c1-18-12-29(19(2)16-30)24(31)6-5-11-28-14-21(25-26-28)17-33-23(18)15-27(3)13-20-7-9-22(32-4)10-8-20/h7-10,14,18-19,23,30H,5-6,11-13,15-17H2,1-4H3/t18-,19-,23-/m1/s1. The van der Waals surface area contributed by atoms with Crippen LogP contribution in [-0.4, -0.2) is 81.8 Å². The third kappa shape index (κ3) is 7.25. The lowest BCUT2D eigenvalue weighted by Gasteiger charge is -2.35. The third-order valence-electron chi connectivity index (χ3n) is 6.15. The summed E-state index contributed by atoms with van der Waals surface area (Å²) in [5.41, 5.74) is 1.97. The molecule has 0 fully saturated rings. The summed E-state index contributed by atoms with van der Waals surface area (Å²) in [4.78, 5) is 17.0. The maximum absolute atomic E-state index is 13.0. The molecular formula is C24H37N5O4. The van der Waals surface area contributed by atoms with Crippen LogP contribution in [-0.2, 0) is 29.2 Å². The summed E-state index contributed by atoms with van der Waals surface area (Å²) < 4.78 is 13.3. The first-order chi connectivity index (χ1) is 15.9. The van der Waals surface area contributed by atoms with Gasteiger partial charge < -0.3 is 19.5 Å². The summed E-state index contributed by atoms with van der Waals surface area (Å²) in [7, 11) is 3.73. The molecule has 33 heavy (non-hydrogen) atoms. The molecule has 1 N–H and O–H groups in total. The number of likely N-dealkylation sites (N-methyl/N-ethyl adjacent to an activating group) is 1. The van der Waals surface area contributed by atoms with Gasteiger partial charge in [-0.2, -0.15) is 0 Å². The molecule has 9 heteroatoms. The van der Waals surface area contributed by atoms with E-state index in [2.05, 4.69) is 41.3 Å². The number of aliphatic hydroxyl groups is 1. The highest BCUT2D eigenvalue weighted by Gasteiger charge is 2.28. The van der Waals surface area contributed by atoms with Gasteiger partial charge in [-0.25, -0.2) is 0 Å². The van der Waals surface area contributed by atoms with E-state index >= 15 is 0 Å². The number of aryl methyl sites for hydroxylation is 1. The second kappa shape index (κ2) is 12.1. The number of aliphatic hydroxyl groups excluding tert-OH is 1. The van der Waals surface area contributed by atoms with Crippen molar-refractivity contribution in [2.45, 2.75) is 58.5 Å². The van der Waals surface area contributed by atoms with Gasteiger partial charge in [-0.3, -0.25) is 14.4 Å². The third-order valence-corrected chi connectivity index (χ3v) is 6.15. The predicted octanol–water partition coefficient (Wildman–Crippen LogP) is 1.94. The zero-order valence-corrected chi connectivity index (χ0v) is 20.2. The van der Waals surface area contributed by atoms with Crippen LogP contribution in [0.15, 0.2) is 30.5 Å². The Morgan fingerprint density at radius 3 is 2.79 bits per heavy atom. The van der Waals surface area contributed by atoms with Crippen molar-refractivity contribution in [3.05, 3.63) is 41.7 Å². The van der Waals surface area contributed by atoms with Crippen LogP contribution < -0.4 is 4.74 Å². The first-order valence-electron chi connectivity index (χ1n) is 11.6. The Hall–Kier alpha value is -2.49. The van der Waals surface area contributed by atoms with Crippen molar-refractivity contribution in [3.63, 3.8) is 0 Å². The van der Waals surface area contributed by atoms with E-state index in [9.17, 15) is 9.90 Å². The summed E-state index contributed by atoms with van der Waals surface area (Å²) in [6.45, 7) is 6.92. The molecule has 0 radical (unpaired) electrons. The first kappa shape index (κ1) is 25.1. The summed E-state index contributed by atoms with van der Waals surface area (Å²) >= 11 is 0. The highest BCUT2D eigenvalue weighted by atomic mass is 16.5. The molecule has 0 unspecified atom stereocenters. The van der Waals surface area contributed by atoms with E-state index in [-0.39, 0.29) is 30.6 Å². The molecular weight excluding hydrogens is 422 g/mol. The van der Waals surface area contributed by atoms with Gasteiger partial charge in [-0.05, 0) is 38.1 Å². The van der Waals surface area contributed by atoms with E-state index in [0.717, 1.165) is 18.0 Å². The number of aromatic nitrogens is 3. The molecule has 3 atom stereocenters. The van der Waals surface area contributed by atoms with E-state index in [1.54, 1.807) is 16.7 Å². The van der Waals surface area contributed by atoms with Gasteiger partial charge in [0, 0.05) is 38.5 Å². The Kier molecular flexibility index (Phi) is 9.22. The smallest absolute Gasteiger partial charge is 0.222 e. The van der Waals surface area contributed by atoms with Gasteiger partial charge in [0.15, 0.2) is 0 Å². The van der Waals surface area contributed by atoms with Gasteiger partial charge in [0.25, 0.3) is 0 Å². The molecule has 1 aromatic heterocycles. The summed E-state index contributed by atoms with van der Waals surface area (Å²) in [5.74, 6) is 0.954. The summed E-state index contributed by atoms with van der Waals surface area (Å²) in [6.07, 6.45) is 2.86. The zero-order chi connectivity index (χ0) is 23.8. The Morgan fingerprint density at radius 2 is 2.09 bits per heavy atom. The molecule has 1 aliphatic heterocycles. The van der Waals surface area contributed by atoms with Crippen LogP contribution in [0.25, 0.3) is 0 Å². The van der Waals surface area contributed by atoms with E-state index in [4.69, 9.17) is 9.47 Å². The predicted molar refractivity (Wildman–Crippen MR) is 125 cm³/mol. The highest BCUT2D eigenvalue weighted by Crippen LogP contribution is 2.19. The fraction of sp³-hybridized carbons (Fsp3) is 0.625. The molecule has 9 nitrogen and oxygen atoms in total. The molecule has 1 aromatic carbocycles. The van der Waals surface area contributed by atoms with Crippen LogP contribution in [0.4, 0.5) is 0 Å². The first-order valence-corrected chi connectivity index (χ1v) is 11.6. The summed E-state index contributed by atoms with van der Waals surface area (Å²) in [5, 5.41) is 18.1. The van der Waals surface area contributed by atoms with Crippen molar-refractivity contribution in [1.29, 1.82) is 0 Å². The number of rotatable bonds is 7. The average molecular weight is 460 g/mol. The van der Waals surface area contributed by atoms with Crippen molar-refractivity contribution in [1.82, 2.24) is 24.8 Å². The number of amides is 1. The second-order valence-electron chi connectivity index (χ2n) is 9.03. The molecule has 182 valence electrons. The fourth-order valence-electron chi connectivity index (χ4n) is 4.11. The van der Waals surface area contributed by atoms with Crippen molar-refractivity contribution < 1.29 is 19.4 Å². The molecule has 1 amide bonds. The number of ether oxygens (including phenoxy) is 2. The van der Waals surface area contributed by atoms with Crippen LogP contribution >= 0.6 is 0 Å². The maximum Gasteiger partial charge on any atom is 0.222 e. The molecule has 2 aromatic rings. The average Bonchev–Trinajstić information content (AvgIpc) is 3.27. The maximum atomic E-state index is 13.0. The van der Waals surface area contributed by atoms with Crippen LogP contribution in [0, 0.1) is 5.92 Å². The Bertz CT molecular complexity index is 872. The Labute approximate surface area is 196 Å². The molecule has 0 spiro atoms. The second-order valence-corrected chi connectivity index (χ2v) is 9.03. The van der Waals surface area contributed by atoms with Crippen molar-refractivity contribution in [2.24, 2.45) is 5.92 Å². The number of hydrogen-bond donors (Lipinski definition) is 1. The van der Waals surface area contributed by atoms with Crippen molar-refractivity contribution in [3.8, 4) is 5.75 Å². The molecule has 0 saturated heterocycles. The lowest BCUT2D eigenvalue weighted by molar-refractivity contribution is -0.136. The molecule has 2 bridgehead atoms. The highest BCUT2D eigenvalue weighted by molar-refractivity contribution is 5.76. The van der Waals surface area contributed by atoms with E-state index in [0.29, 0.717) is 39.1 Å². The zero-order valence-electron chi connectivity index (χ0n) is 20.2. The van der Waals surface area contributed by atoms with Crippen molar-refractivity contribution >= 4 is 5.91 Å². The lowest BCUT2D eigenvalue weighted by atomic mass is 10.0. The van der Waals surface area contributed by atoms with E-state index in [1.807, 2.05) is 25.3 Å². The topological polar surface area (TPSA) is 93.0 Å². The number of hydrogen-bond acceptors (Lipinski definition) is 7. The number of carbonyl (C=O) groups is 1. The van der Waals surface area contributed by atoms with Crippen LogP contribution in [0.5, 0.6) is 5.75 Å². The van der Waals surface area contributed by atoms with Gasteiger partial charge in [0.05, 0.1) is 38.7 Å². The Balaban J connectivity index is 1.74. The normalized spacial score (nSPS) is 21.3. The quantitative estimate of drug-likeness (QED) is 0.676. The number of benzene rings is 1. The fourth-order valence-corrected chi connectivity index (χ4v) is 4.11. The number of methoxy groups -OCH3 is 1. The minimum Gasteiger partial charge on any atom is -0.497 e. The van der Waals surface area contributed by atoms with Gasteiger partial charge >= 0.3 is 0 Å². The lowest BCUT2D eigenvalue weighted by Crippen LogP contribution is -2.47. The number of nitrogens with zero attached hydrogens (tertiary/aromatic N) is 5. The molecule has 2 heterocycles. The van der Waals surface area contributed by atoms with Crippen molar-refractivity contribution in [2.75, 3.05) is 33.9 Å². The number of carbonyl (C=O) groups excluding carboxylic acids is 1. The van der Waals surface area contributed by atoms with E-state index < -0.39 is 0 Å². The summed E-state index contributed by atoms with van der Waals surface area (Å²) in [6, 6.07) is 7.81. The van der Waals surface area contributed by atoms with Crippen LogP contribution in [0.1, 0.15) is 37.9 Å². The van der Waals surface area contributed by atoms with Gasteiger partial charge in [-0.15, -0.1) is 5.10 Å². The van der Waals surface area contributed by atoms with E-state index in [1.165, 1.54) is 5.56 Å². The van der Waals surface area contributed by atoms with Crippen LogP contribution in [0.3, 0.4) is 0 Å². The Morgan fingerprint density at radius 1 is 1.33 bits per heavy atom. The monoisotopic (exact) mass is 459 g/mol.